The van der Waals surface area contributed by atoms with Gasteiger partial charge >= 0.3 is 0 Å². The molecule has 1 aromatic heterocycles. The highest BCUT2D eigenvalue weighted by Crippen LogP contribution is 2.27. The van der Waals surface area contributed by atoms with E-state index in [2.05, 4.69) is 15.6 Å². The molecule has 2 heterocycles. The molecule has 0 radical (unpaired) electrons. The third-order valence-electron chi connectivity index (χ3n) is 6.29. The molecule has 3 amide bonds. The number of aryl methyl sites for hydroxylation is 3. The van der Waals surface area contributed by atoms with Crippen LogP contribution < -0.4 is 20.1 Å². The predicted molar refractivity (Wildman–Crippen MR) is 130 cm³/mol. The maximum absolute atomic E-state index is 13.6. The molecule has 0 unspecified atom stereocenters. The molecule has 1 aliphatic heterocycles. The van der Waals surface area contributed by atoms with Crippen molar-refractivity contribution in [2.75, 3.05) is 39.9 Å². The van der Waals surface area contributed by atoms with Gasteiger partial charge in [-0.25, -0.2) is 4.98 Å². The lowest BCUT2D eigenvalue weighted by Gasteiger charge is -2.24. The second kappa shape index (κ2) is 11.2. The summed E-state index contributed by atoms with van der Waals surface area (Å²) in [6.45, 7) is 3.40. The van der Waals surface area contributed by atoms with Crippen LogP contribution in [0, 0.1) is 6.92 Å². The maximum atomic E-state index is 13.6. The first-order chi connectivity index (χ1) is 17.0. The number of amides is 3. The number of hydrogen-bond acceptors (Lipinski definition) is 6. The minimum absolute atomic E-state index is 0.106. The zero-order chi connectivity index (χ0) is 24.8. The zero-order valence-electron chi connectivity index (χ0n) is 20.3. The summed E-state index contributed by atoms with van der Waals surface area (Å²) in [7, 11) is 1.51. The summed E-state index contributed by atoms with van der Waals surface area (Å²) in [5, 5.41) is 5.74. The first-order valence-electron chi connectivity index (χ1n) is 12.1. The van der Waals surface area contributed by atoms with Crippen LogP contribution in [0.4, 0.5) is 0 Å². The van der Waals surface area contributed by atoms with Gasteiger partial charge in [-0.05, 0) is 56.4 Å². The van der Waals surface area contributed by atoms with Crippen LogP contribution in [0.25, 0.3) is 0 Å². The zero-order valence-corrected chi connectivity index (χ0v) is 20.3. The summed E-state index contributed by atoms with van der Waals surface area (Å²) >= 11 is 0. The van der Waals surface area contributed by atoms with E-state index in [1.54, 1.807) is 17.0 Å². The number of pyridine rings is 1. The number of carbonyl (C=O) groups excluding carboxylic acids is 3. The Bertz CT molecular complexity index is 1120. The van der Waals surface area contributed by atoms with E-state index in [4.69, 9.17) is 9.47 Å². The highest BCUT2D eigenvalue weighted by molar-refractivity contribution is 5.98. The van der Waals surface area contributed by atoms with Crippen LogP contribution in [0.2, 0.25) is 0 Å². The molecule has 0 saturated heterocycles. The number of aromatic nitrogens is 1. The quantitative estimate of drug-likeness (QED) is 0.681. The second-order valence-electron chi connectivity index (χ2n) is 8.85. The van der Waals surface area contributed by atoms with E-state index in [0.717, 1.165) is 36.1 Å². The molecule has 0 spiro atoms. The van der Waals surface area contributed by atoms with Crippen molar-refractivity contribution in [3.8, 4) is 11.6 Å². The summed E-state index contributed by atoms with van der Waals surface area (Å²) in [5.74, 6) is 0.175. The van der Waals surface area contributed by atoms with Gasteiger partial charge in [-0.2, -0.15) is 0 Å². The fourth-order valence-corrected chi connectivity index (χ4v) is 4.46. The van der Waals surface area contributed by atoms with Gasteiger partial charge < -0.3 is 25.0 Å². The molecule has 2 aliphatic rings. The molecule has 2 N–H and O–H groups in total. The van der Waals surface area contributed by atoms with Crippen molar-refractivity contribution in [2.45, 2.75) is 39.0 Å². The monoisotopic (exact) mass is 480 g/mol. The number of benzene rings is 1. The Morgan fingerprint density at radius 3 is 2.74 bits per heavy atom. The van der Waals surface area contributed by atoms with Crippen molar-refractivity contribution < 1.29 is 23.9 Å². The molecule has 1 aliphatic carbocycles. The Kier molecular flexibility index (Phi) is 7.84. The predicted octanol–water partition coefficient (Wildman–Crippen LogP) is 2.05. The molecule has 0 bridgehead atoms. The number of rotatable bonds is 2. The third-order valence-corrected chi connectivity index (χ3v) is 6.29. The minimum Gasteiger partial charge on any atom is -0.491 e. The van der Waals surface area contributed by atoms with Gasteiger partial charge in [0.05, 0.1) is 19.2 Å². The maximum Gasteiger partial charge on any atom is 0.259 e. The second-order valence-corrected chi connectivity index (χ2v) is 8.85. The van der Waals surface area contributed by atoms with Crippen LogP contribution in [-0.4, -0.2) is 67.5 Å². The summed E-state index contributed by atoms with van der Waals surface area (Å²) in [6.07, 6.45) is 3.57. The van der Waals surface area contributed by atoms with Crippen molar-refractivity contribution in [3.63, 3.8) is 0 Å². The molecule has 9 nitrogen and oxygen atoms in total. The number of nitrogens with one attached hydrogen (secondary N) is 2. The van der Waals surface area contributed by atoms with Crippen LogP contribution in [0.15, 0.2) is 24.3 Å². The number of methoxy groups -OCH3 is 1. The third kappa shape index (κ3) is 5.90. The van der Waals surface area contributed by atoms with Gasteiger partial charge in [0.25, 0.3) is 11.8 Å². The first-order valence-corrected chi connectivity index (χ1v) is 12.1. The lowest BCUT2D eigenvalue weighted by atomic mass is 10.1. The largest absolute Gasteiger partial charge is 0.491 e. The van der Waals surface area contributed by atoms with Crippen molar-refractivity contribution >= 4 is 17.7 Å². The Labute approximate surface area is 205 Å². The van der Waals surface area contributed by atoms with Crippen LogP contribution in [0.5, 0.6) is 11.6 Å². The first kappa shape index (κ1) is 24.5. The average Bonchev–Trinajstić information content (AvgIpc) is 3.32. The fourth-order valence-electron chi connectivity index (χ4n) is 4.46. The smallest absolute Gasteiger partial charge is 0.259 e. The molecule has 2 aromatic rings. The molecule has 9 heteroatoms. The van der Waals surface area contributed by atoms with Crippen molar-refractivity contribution in [3.05, 3.63) is 52.2 Å². The molecule has 0 saturated carbocycles. The van der Waals surface area contributed by atoms with Gasteiger partial charge in [0.2, 0.25) is 11.8 Å². The number of ether oxygens (including phenoxy) is 2. The van der Waals surface area contributed by atoms with E-state index < -0.39 is 0 Å². The van der Waals surface area contributed by atoms with E-state index in [0.29, 0.717) is 42.3 Å². The summed E-state index contributed by atoms with van der Waals surface area (Å²) in [6, 6.07) is 7.28. The van der Waals surface area contributed by atoms with Crippen LogP contribution in [0.3, 0.4) is 0 Å². The molecule has 1 aromatic carbocycles. The summed E-state index contributed by atoms with van der Waals surface area (Å²) in [4.78, 5) is 45.0. The van der Waals surface area contributed by atoms with Gasteiger partial charge in [-0.3, -0.25) is 14.4 Å². The standard InChI is InChI=1S/C26H32N4O5/c1-17-8-9-22-19(15-17)24(32)28-10-13-30(12-4-7-23(31)27-11-14-35-22)26(33)20-16-18-5-3-6-21(18)29-25(20)34-2/h8-9,15-16H,3-7,10-14H2,1-2H3,(H,27,31)(H,28,32). The molecule has 0 atom stereocenters. The fraction of sp³-hybridized carbons (Fsp3) is 0.462. The van der Waals surface area contributed by atoms with Crippen LogP contribution in [0.1, 0.15) is 56.8 Å². The Balaban J connectivity index is 1.55. The van der Waals surface area contributed by atoms with E-state index in [9.17, 15) is 14.4 Å². The van der Waals surface area contributed by atoms with Gasteiger partial charge in [0, 0.05) is 31.7 Å². The molecule has 0 fully saturated rings. The molecule has 186 valence electrons. The van der Waals surface area contributed by atoms with Gasteiger partial charge in [-0.15, -0.1) is 0 Å². The SMILES string of the molecule is COc1nc2c(cc1C(=O)N1CCCC(=O)NCCOc3ccc(C)cc3C(=O)NCC1)CCC2. The number of carbonyl (C=O) groups is 3. The minimum atomic E-state index is -0.271. The topological polar surface area (TPSA) is 110 Å². The van der Waals surface area contributed by atoms with Crippen molar-refractivity contribution in [1.29, 1.82) is 0 Å². The lowest BCUT2D eigenvalue weighted by molar-refractivity contribution is -0.121. The van der Waals surface area contributed by atoms with Crippen molar-refractivity contribution in [1.82, 2.24) is 20.5 Å². The van der Waals surface area contributed by atoms with Gasteiger partial charge in [0.1, 0.15) is 17.9 Å². The molecular weight excluding hydrogens is 448 g/mol. The highest BCUT2D eigenvalue weighted by Gasteiger charge is 2.25. The molecular formula is C26H32N4O5. The Hall–Kier alpha value is -3.62. The van der Waals surface area contributed by atoms with E-state index in [1.165, 1.54) is 7.11 Å². The average molecular weight is 481 g/mol. The van der Waals surface area contributed by atoms with E-state index in [-0.39, 0.29) is 43.8 Å². The van der Waals surface area contributed by atoms with Crippen LogP contribution in [-0.2, 0) is 17.6 Å². The normalized spacial score (nSPS) is 17.1. The number of hydrogen-bond donors (Lipinski definition) is 2. The van der Waals surface area contributed by atoms with Gasteiger partial charge in [0.15, 0.2) is 0 Å². The van der Waals surface area contributed by atoms with Crippen LogP contribution >= 0.6 is 0 Å². The van der Waals surface area contributed by atoms with E-state index >= 15 is 0 Å². The summed E-state index contributed by atoms with van der Waals surface area (Å²) < 4.78 is 11.2. The Morgan fingerprint density at radius 2 is 1.91 bits per heavy atom. The number of fused-ring (bicyclic) bond motifs is 2. The molecule has 4 rings (SSSR count). The Morgan fingerprint density at radius 1 is 1.06 bits per heavy atom. The number of nitrogens with zero attached hydrogens (tertiary/aromatic N) is 2. The lowest BCUT2D eigenvalue weighted by Crippen LogP contribution is -2.39. The summed E-state index contributed by atoms with van der Waals surface area (Å²) in [5.41, 5.74) is 3.83. The molecule has 35 heavy (non-hydrogen) atoms. The van der Waals surface area contributed by atoms with Crippen molar-refractivity contribution in [2.24, 2.45) is 0 Å². The van der Waals surface area contributed by atoms with Gasteiger partial charge in [-0.1, -0.05) is 11.6 Å². The van der Waals surface area contributed by atoms with E-state index in [1.807, 2.05) is 19.1 Å². The highest BCUT2D eigenvalue weighted by atomic mass is 16.5.